The third kappa shape index (κ3) is 12.4. The van der Waals surface area contributed by atoms with Crippen molar-refractivity contribution in [1.29, 1.82) is 0 Å². The van der Waals surface area contributed by atoms with Gasteiger partial charge in [0.2, 0.25) is 0 Å². The van der Waals surface area contributed by atoms with Crippen molar-refractivity contribution < 1.29 is 28.5 Å². The lowest BCUT2D eigenvalue weighted by molar-refractivity contribution is -0.0697. The predicted octanol–water partition coefficient (Wildman–Crippen LogP) is 7.58. The summed E-state index contributed by atoms with van der Waals surface area (Å²) in [5.74, 6) is 1.65. The number of aryl methyl sites for hydroxylation is 2. The van der Waals surface area contributed by atoms with Crippen molar-refractivity contribution in [1.82, 2.24) is 49.9 Å². The summed E-state index contributed by atoms with van der Waals surface area (Å²) in [6.45, 7) is 17.2. The molecule has 6 heterocycles. The van der Waals surface area contributed by atoms with Gasteiger partial charge in [0.15, 0.2) is 5.82 Å². The van der Waals surface area contributed by atoms with Gasteiger partial charge < -0.3 is 34.5 Å². The lowest BCUT2D eigenvalue weighted by Gasteiger charge is -2.39. The number of halogens is 1. The maximum atomic E-state index is 12.2. The fourth-order valence-corrected chi connectivity index (χ4v) is 6.80. The summed E-state index contributed by atoms with van der Waals surface area (Å²) < 4.78 is 26.9. The number of ether oxygens (including phenoxy) is 4. The molecule has 1 aliphatic carbocycles. The van der Waals surface area contributed by atoms with Gasteiger partial charge in [0.25, 0.3) is 0 Å². The Morgan fingerprint density at radius 1 is 0.850 bits per heavy atom. The first-order valence-electron chi connectivity index (χ1n) is 20.0. The first kappa shape index (κ1) is 44.4. The van der Waals surface area contributed by atoms with E-state index in [4.69, 9.17) is 23.9 Å². The first-order valence-corrected chi connectivity index (χ1v) is 20.8. The molecule has 1 saturated carbocycles. The average molecular weight is 891 g/mol. The molecule has 2 aliphatic rings. The van der Waals surface area contributed by atoms with Gasteiger partial charge in [0.1, 0.15) is 22.7 Å². The van der Waals surface area contributed by atoms with Crippen molar-refractivity contribution in [2.24, 2.45) is 14.1 Å². The van der Waals surface area contributed by atoms with Crippen molar-refractivity contribution in [3.63, 3.8) is 0 Å². The molecule has 5 aromatic rings. The van der Waals surface area contributed by atoms with Gasteiger partial charge in [0.05, 0.1) is 65.9 Å². The summed E-state index contributed by atoms with van der Waals surface area (Å²) >= 11 is 3.44. The standard InChI is InChI=1S/C28H34N8O3.C14H22BrN3O3/c1-17(2)18-10-26(33-30-12-18)32-25-8-7-22-23(31-25)9-19(11-29-22)21-15-35(6)34-24(21)16-38-20-13-36(14-20)27(37)39-28(3,4)5;1-14(2,3)21-13(19)16-9-5-10(6-9)20-8-12-11(15)7-18(4)17-12/h7-12,15,17,20H,13-14,16H2,1-6H3,(H,31,32,33);7,9-10H,5-6,8H2,1-4H3,(H,16,19). The van der Waals surface area contributed by atoms with E-state index in [-0.39, 0.29) is 30.4 Å². The van der Waals surface area contributed by atoms with E-state index < -0.39 is 11.2 Å². The van der Waals surface area contributed by atoms with E-state index >= 15 is 0 Å². The van der Waals surface area contributed by atoms with Crippen LogP contribution in [-0.4, -0.2) is 99.4 Å². The number of pyridine rings is 2. The molecule has 0 aromatic carbocycles. The van der Waals surface area contributed by atoms with E-state index in [0.29, 0.717) is 43.9 Å². The maximum absolute atomic E-state index is 12.2. The molecular formula is C42H56BrN11O6. The maximum Gasteiger partial charge on any atom is 0.410 e. The second-order valence-corrected chi connectivity index (χ2v) is 18.3. The van der Waals surface area contributed by atoms with Gasteiger partial charge >= 0.3 is 12.2 Å². The number of nitrogens with zero attached hydrogens (tertiary/aromatic N) is 9. The highest BCUT2D eigenvalue weighted by molar-refractivity contribution is 9.10. The SMILES string of the molecule is CC(C)c1cnnc(Nc2ccc3ncc(-c4cn(C)nc4COC4CN(C(=O)OC(C)(C)C)C4)cc3n2)c1.Cn1cc(Br)c(COC2CC(NC(=O)OC(C)(C)C)C2)n1. The Morgan fingerprint density at radius 2 is 1.52 bits per heavy atom. The molecule has 60 heavy (non-hydrogen) atoms. The lowest BCUT2D eigenvalue weighted by atomic mass is 9.89. The molecule has 2 amide bonds. The van der Waals surface area contributed by atoms with E-state index in [1.165, 1.54) is 0 Å². The van der Waals surface area contributed by atoms with Gasteiger partial charge in [-0.25, -0.2) is 14.6 Å². The molecule has 0 atom stereocenters. The largest absolute Gasteiger partial charge is 0.444 e. The van der Waals surface area contributed by atoms with Crippen molar-refractivity contribution in [3.05, 3.63) is 70.5 Å². The van der Waals surface area contributed by atoms with Crippen LogP contribution in [0.5, 0.6) is 0 Å². The first-order chi connectivity index (χ1) is 28.3. The minimum Gasteiger partial charge on any atom is -0.444 e. The topological polar surface area (TPSA) is 186 Å². The summed E-state index contributed by atoms with van der Waals surface area (Å²) in [6.07, 6.45) is 8.49. The molecular weight excluding hydrogens is 834 g/mol. The zero-order valence-corrected chi connectivity index (χ0v) is 37.6. The number of hydrogen-bond donors (Lipinski definition) is 2. The number of anilines is 2. The van der Waals surface area contributed by atoms with Crippen molar-refractivity contribution in [2.75, 3.05) is 18.4 Å². The lowest BCUT2D eigenvalue weighted by Crippen LogP contribution is -2.55. The van der Waals surface area contributed by atoms with Gasteiger partial charge in [-0.15, -0.1) is 5.10 Å². The van der Waals surface area contributed by atoms with E-state index in [1.54, 1.807) is 20.5 Å². The summed E-state index contributed by atoms with van der Waals surface area (Å²) in [7, 11) is 3.75. The Hall–Kier alpha value is -5.20. The van der Waals surface area contributed by atoms with Crippen LogP contribution in [-0.2, 0) is 46.3 Å². The van der Waals surface area contributed by atoms with Crippen molar-refractivity contribution >= 4 is 50.8 Å². The molecule has 322 valence electrons. The highest BCUT2D eigenvalue weighted by atomic mass is 79.9. The normalized spacial score (nSPS) is 16.8. The van der Waals surface area contributed by atoms with Crippen LogP contribution in [0, 0.1) is 0 Å². The van der Waals surface area contributed by atoms with Crippen LogP contribution in [0.3, 0.4) is 0 Å². The van der Waals surface area contributed by atoms with Crippen LogP contribution in [0.1, 0.15) is 91.1 Å². The number of carbonyl (C=O) groups is 2. The van der Waals surface area contributed by atoms with Gasteiger partial charge in [-0.1, -0.05) is 13.8 Å². The van der Waals surface area contributed by atoms with Crippen LogP contribution in [0.25, 0.3) is 22.2 Å². The summed E-state index contributed by atoms with van der Waals surface area (Å²) in [5.41, 5.74) is 5.15. The fourth-order valence-electron chi connectivity index (χ4n) is 6.31. The Kier molecular flexibility index (Phi) is 13.7. The minimum atomic E-state index is -0.515. The van der Waals surface area contributed by atoms with Crippen LogP contribution in [0.15, 0.2) is 53.5 Å². The molecule has 17 nitrogen and oxygen atoms in total. The molecule has 0 spiro atoms. The second-order valence-electron chi connectivity index (χ2n) is 17.4. The number of amides is 2. The molecule has 1 saturated heterocycles. The minimum absolute atomic E-state index is 0.0605. The molecule has 7 rings (SSSR count). The molecule has 1 aliphatic heterocycles. The molecule has 18 heteroatoms. The number of likely N-dealkylation sites (tertiary alicyclic amines) is 1. The Labute approximate surface area is 359 Å². The predicted molar refractivity (Wildman–Crippen MR) is 229 cm³/mol. The van der Waals surface area contributed by atoms with E-state index in [2.05, 4.69) is 65.8 Å². The van der Waals surface area contributed by atoms with E-state index in [9.17, 15) is 9.59 Å². The second kappa shape index (κ2) is 18.6. The molecule has 5 aromatic heterocycles. The zero-order chi connectivity index (χ0) is 43.4. The number of alkyl carbamates (subject to hydrolysis) is 1. The van der Waals surface area contributed by atoms with Gasteiger partial charge in [0, 0.05) is 49.9 Å². The highest BCUT2D eigenvalue weighted by Crippen LogP contribution is 2.29. The van der Waals surface area contributed by atoms with Crippen molar-refractivity contribution in [3.8, 4) is 11.1 Å². The fraction of sp³-hybridized carbons (Fsp3) is 0.524. The van der Waals surface area contributed by atoms with Crippen LogP contribution >= 0.6 is 15.9 Å². The van der Waals surface area contributed by atoms with Gasteiger partial charge in [-0.2, -0.15) is 15.3 Å². The Morgan fingerprint density at radius 3 is 2.18 bits per heavy atom. The summed E-state index contributed by atoms with van der Waals surface area (Å²) in [5, 5.41) is 23.3. The summed E-state index contributed by atoms with van der Waals surface area (Å²) in [6, 6.07) is 7.92. The number of rotatable bonds is 11. The smallest absolute Gasteiger partial charge is 0.410 e. The number of carbonyl (C=O) groups excluding carboxylic acids is 2. The van der Waals surface area contributed by atoms with Crippen LogP contribution < -0.4 is 10.6 Å². The highest BCUT2D eigenvalue weighted by Gasteiger charge is 2.35. The average Bonchev–Trinajstić information content (AvgIpc) is 3.65. The quantitative estimate of drug-likeness (QED) is 0.132. The van der Waals surface area contributed by atoms with Crippen LogP contribution in [0.4, 0.5) is 21.2 Å². The Balaban J connectivity index is 0.000000243. The van der Waals surface area contributed by atoms with E-state index in [0.717, 1.165) is 56.4 Å². The number of fused-ring (bicyclic) bond motifs is 1. The number of hydrogen-bond acceptors (Lipinski definition) is 13. The van der Waals surface area contributed by atoms with E-state index in [1.807, 2.05) is 98.5 Å². The summed E-state index contributed by atoms with van der Waals surface area (Å²) in [4.78, 5) is 34.8. The van der Waals surface area contributed by atoms with Crippen LogP contribution in [0.2, 0.25) is 0 Å². The van der Waals surface area contributed by atoms with Gasteiger partial charge in [-0.3, -0.25) is 14.3 Å². The zero-order valence-electron chi connectivity index (χ0n) is 36.0. The number of aromatic nitrogens is 8. The molecule has 2 fully saturated rings. The number of nitrogens with one attached hydrogen (secondary N) is 2. The van der Waals surface area contributed by atoms with Gasteiger partial charge in [-0.05, 0) is 106 Å². The molecule has 0 bridgehead atoms. The Bertz CT molecular complexity index is 2270. The van der Waals surface area contributed by atoms with Crippen molar-refractivity contribution in [2.45, 2.75) is 117 Å². The third-order valence-electron chi connectivity index (χ3n) is 9.43. The third-order valence-corrected chi connectivity index (χ3v) is 10.1. The molecule has 2 N–H and O–H groups in total. The molecule has 0 unspecified atom stereocenters. The monoisotopic (exact) mass is 889 g/mol. The molecule has 0 radical (unpaired) electrons.